The highest BCUT2D eigenvalue weighted by Gasteiger charge is 2.71. The molecule has 0 amide bonds. The molecule has 274 valence electrons. The molecule has 0 spiro atoms. The Labute approximate surface area is 298 Å². The Morgan fingerprint density at radius 2 is 0.521 bits per heavy atom. The number of allylic oxidation sites excluding steroid dienone is 4. The van der Waals surface area contributed by atoms with Gasteiger partial charge < -0.3 is 19.6 Å². The van der Waals surface area contributed by atoms with E-state index in [1.165, 1.54) is 103 Å². The summed E-state index contributed by atoms with van der Waals surface area (Å²) in [6.07, 6.45) is 22.0. The van der Waals surface area contributed by atoms with Crippen LogP contribution in [0.5, 0.6) is 0 Å². The van der Waals surface area contributed by atoms with Crippen LogP contribution in [0.2, 0.25) is 0 Å². The Morgan fingerprint density at radius 1 is 0.354 bits per heavy atom. The SMILES string of the molecule is CC1CCC(C2=C(C3CCC(C)CC3)N(C)C(C(C)C)(C3(C(C)C)N(C)C(C4CCC(C)CC4)=C(C4CCC(C)CC4)N3C)N2C)CC1. The van der Waals surface area contributed by atoms with Gasteiger partial charge in [-0.25, -0.2) is 0 Å². The molecule has 0 aromatic heterocycles. The Bertz CT molecular complexity index is 996. The van der Waals surface area contributed by atoms with Crippen LogP contribution in [0.1, 0.15) is 158 Å². The van der Waals surface area contributed by atoms with Crippen molar-refractivity contribution in [2.75, 3.05) is 28.2 Å². The largest absolute Gasteiger partial charge is 0.350 e. The molecule has 0 aromatic rings. The first-order chi connectivity index (χ1) is 22.8. The lowest BCUT2D eigenvalue weighted by molar-refractivity contribution is -0.193. The van der Waals surface area contributed by atoms with Crippen molar-refractivity contribution < 1.29 is 0 Å². The Hall–Kier alpha value is -1.32. The molecule has 0 atom stereocenters. The molecule has 4 heteroatoms. The van der Waals surface area contributed by atoms with Gasteiger partial charge >= 0.3 is 0 Å². The number of nitrogens with zero attached hydrogens (tertiary/aromatic N) is 4. The summed E-state index contributed by atoms with van der Waals surface area (Å²) in [4.78, 5) is 11.9. The molecular weight excluding hydrogens is 585 g/mol. The molecule has 2 heterocycles. The van der Waals surface area contributed by atoms with E-state index in [0.717, 1.165) is 23.7 Å². The Balaban J connectivity index is 1.52. The molecule has 2 aliphatic heterocycles. The maximum atomic E-state index is 2.98. The van der Waals surface area contributed by atoms with Crippen LogP contribution in [0.25, 0.3) is 0 Å². The second-order valence-corrected chi connectivity index (χ2v) is 19.4. The van der Waals surface area contributed by atoms with E-state index < -0.39 is 0 Å². The molecule has 4 nitrogen and oxygen atoms in total. The van der Waals surface area contributed by atoms with E-state index in [4.69, 9.17) is 0 Å². The predicted octanol–water partition coefficient (Wildman–Crippen LogP) is 11.2. The monoisotopic (exact) mass is 663 g/mol. The molecule has 6 rings (SSSR count). The van der Waals surface area contributed by atoms with Crippen molar-refractivity contribution in [3.8, 4) is 0 Å². The van der Waals surface area contributed by atoms with Gasteiger partial charge in [-0.2, -0.15) is 0 Å². The minimum absolute atomic E-state index is 0.168. The summed E-state index contributed by atoms with van der Waals surface area (Å²) in [7, 11) is 10.3. The first kappa shape index (κ1) is 36.5. The fourth-order valence-corrected chi connectivity index (χ4v) is 13.3. The first-order valence-electron chi connectivity index (χ1n) is 21.2. The van der Waals surface area contributed by atoms with Crippen LogP contribution in [-0.4, -0.2) is 59.1 Å². The standard InChI is InChI=1S/C44H78N4/c1-29(2)43(45(9)39(35-21-13-31(5)14-22-35)40(46(43)10)36-23-15-32(6)16-24-36)44(30(3)4)47(11)41(37-25-17-33(7)18-26-37)42(48(44)12)38-27-19-34(8)20-28-38/h29-38H,13-28H2,1-12H3. The van der Waals surface area contributed by atoms with Crippen LogP contribution in [-0.2, 0) is 0 Å². The average Bonchev–Trinajstić information content (AvgIpc) is 3.43. The van der Waals surface area contributed by atoms with Crippen molar-refractivity contribution in [2.45, 2.75) is 169 Å². The Morgan fingerprint density at radius 3 is 0.667 bits per heavy atom. The number of hydrogen-bond acceptors (Lipinski definition) is 4. The van der Waals surface area contributed by atoms with Crippen LogP contribution < -0.4 is 0 Å². The molecule has 0 N–H and O–H groups in total. The van der Waals surface area contributed by atoms with Crippen molar-refractivity contribution in [3.05, 3.63) is 22.8 Å². The summed E-state index contributed by atoms with van der Waals surface area (Å²) in [5.74, 6) is 7.17. The van der Waals surface area contributed by atoms with Gasteiger partial charge in [-0.15, -0.1) is 0 Å². The predicted molar refractivity (Wildman–Crippen MR) is 205 cm³/mol. The zero-order chi connectivity index (χ0) is 34.7. The molecule has 0 saturated heterocycles. The van der Waals surface area contributed by atoms with Gasteiger partial charge in [0.05, 0.1) is 0 Å². The molecule has 4 aliphatic carbocycles. The molecule has 6 aliphatic rings. The summed E-state index contributed by atoms with van der Waals surface area (Å²) in [6, 6.07) is 0. The molecular formula is C44H78N4. The zero-order valence-corrected chi connectivity index (χ0v) is 33.9. The molecule has 48 heavy (non-hydrogen) atoms. The quantitative estimate of drug-likeness (QED) is 0.269. The third kappa shape index (κ3) is 5.57. The maximum absolute atomic E-state index is 2.98. The lowest BCUT2D eigenvalue weighted by Crippen LogP contribution is -2.80. The van der Waals surface area contributed by atoms with E-state index in [9.17, 15) is 0 Å². The van der Waals surface area contributed by atoms with E-state index in [-0.39, 0.29) is 11.3 Å². The van der Waals surface area contributed by atoms with Gasteiger partial charge in [-0.05, 0) is 86.9 Å². The van der Waals surface area contributed by atoms with Crippen molar-refractivity contribution in [1.29, 1.82) is 0 Å². The third-order valence-corrected chi connectivity index (χ3v) is 15.8. The van der Waals surface area contributed by atoms with Gasteiger partial charge in [0.1, 0.15) is 0 Å². The topological polar surface area (TPSA) is 13.0 Å². The summed E-state index contributed by atoms with van der Waals surface area (Å²) in [5, 5.41) is 0. The van der Waals surface area contributed by atoms with Gasteiger partial charge in [0.15, 0.2) is 11.3 Å². The maximum Gasteiger partial charge on any atom is 0.158 e. The van der Waals surface area contributed by atoms with Gasteiger partial charge in [-0.1, -0.05) is 107 Å². The summed E-state index contributed by atoms with van der Waals surface area (Å²) >= 11 is 0. The van der Waals surface area contributed by atoms with E-state index in [1.807, 2.05) is 0 Å². The molecule has 4 saturated carbocycles. The van der Waals surface area contributed by atoms with E-state index >= 15 is 0 Å². The van der Waals surface area contributed by atoms with Crippen molar-refractivity contribution in [3.63, 3.8) is 0 Å². The summed E-state index contributed by atoms with van der Waals surface area (Å²) in [6.45, 7) is 20.4. The lowest BCUT2D eigenvalue weighted by atomic mass is 9.71. The highest BCUT2D eigenvalue weighted by atomic mass is 15.6. The van der Waals surface area contributed by atoms with Crippen LogP contribution in [0.4, 0.5) is 0 Å². The number of likely N-dealkylation sites (N-methyl/N-ethyl adjacent to an activating group) is 4. The zero-order valence-electron chi connectivity index (χ0n) is 33.9. The fourth-order valence-electron chi connectivity index (χ4n) is 13.3. The van der Waals surface area contributed by atoms with Crippen LogP contribution in [0, 0.1) is 59.2 Å². The highest BCUT2D eigenvalue weighted by Crippen LogP contribution is 2.62. The molecule has 0 aromatic carbocycles. The minimum atomic E-state index is -0.168. The highest BCUT2D eigenvalue weighted by molar-refractivity contribution is 5.39. The fraction of sp³-hybridized carbons (Fsp3) is 0.909. The van der Waals surface area contributed by atoms with Crippen LogP contribution in [0.15, 0.2) is 22.8 Å². The lowest BCUT2D eigenvalue weighted by Gasteiger charge is -2.65. The van der Waals surface area contributed by atoms with E-state index in [2.05, 4.69) is 103 Å². The molecule has 4 fully saturated rings. The van der Waals surface area contributed by atoms with Gasteiger partial charge in [0.25, 0.3) is 0 Å². The van der Waals surface area contributed by atoms with Crippen molar-refractivity contribution >= 4 is 0 Å². The first-order valence-corrected chi connectivity index (χ1v) is 21.2. The van der Waals surface area contributed by atoms with Crippen molar-refractivity contribution in [2.24, 2.45) is 59.2 Å². The number of rotatable bonds is 7. The normalized spacial score (nSPS) is 41.9. The Kier molecular flexibility index (Phi) is 10.6. The molecule has 0 bridgehead atoms. The second kappa shape index (κ2) is 14.0. The van der Waals surface area contributed by atoms with E-state index in [1.54, 1.807) is 22.8 Å². The smallest absolute Gasteiger partial charge is 0.158 e. The van der Waals surface area contributed by atoms with Crippen LogP contribution >= 0.6 is 0 Å². The van der Waals surface area contributed by atoms with Gasteiger partial charge in [0.2, 0.25) is 0 Å². The van der Waals surface area contributed by atoms with Crippen molar-refractivity contribution in [1.82, 2.24) is 19.6 Å². The number of hydrogen-bond donors (Lipinski definition) is 0. The minimum Gasteiger partial charge on any atom is -0.350 e. The molecule has 0 unspecified atom stereocenters. The summed E-state index contributed by atoms with van der Waals surface area (Å²) in [5.41, 5.74) is 6.69. The average molecular weight is 663 g/mol. The van der Waals surface area contributed by atoms with E-state index in [0.29, 0.717) is 35.5 Å². The third-order valence-electron chi connectivity index (χ3n) is 15.8. The van der Waals surface area contributed by atoms with Gasteiger partial charge in [-0.3, -0.25) is 0 Å². The summed E-state index contributed by atoms with van der Waals surface area (Å²) < 4.78 is 0. The second-order valence-electron chi connectivity index (χ2n) is 19.4. The van der Waals surface area contributed by atoms with Gasteiger partial charge in [0, 0.05) is 74.7 Å². The molecule has 0 radical (unpaired) electrons. The van der Waals surface area contributed by atoms with Crippen LogP contribution in [0.3, 0.4) is 0 Å².